The van der Waals surface area contributed by atoms with Gasteiger partial charge in [0.1, 0.15) is 0 Å². The van der Waals surface area contributed by atoms with Crippen LogP contribution in [0.3, 0.4) is 0 Å². The summed E-state index contributed by atoms with van der Waals surface area (Å²) in [5, 5.41) is 9.58. The van der Waals surface area contributed by atoms with Gasteiger partial charge in [-0.25, -0.2) is 9.79 Å². The molecule has 0 unspecified atom stereocenters. The lowest BCUT2D eigenvalue weighted by atomic mass is 10.2. The van der Waals surface area contributed by atoms with Gasteiger partial charge in [0.25, 0.3) is 5.91 Å². The highest BCUT2D eigenvalue weighted by Gasteiger charge is 2.32. The molecule has 1 saturated heterocycles. The van der Waals surface area contributed by atoms with Crippen molar-refractivity contribution in [3.05, 3.63) is 77.5 Å². The topological polar surface area (TPSA) is 82.9 Å². The molecule has 0 saturated carbocycles. The number of carboxylic acid groups (broad SMARTS) is 1. The van der Waals surface area contributed by atoms with E-state index in [-0.39, 0.29) is 11.5 Å². The fourth-order valence-corrected chi connectivity index (χ4v) is 3.29. The van der Waals surface area contributed by atoms with E-state index in [1.54, 1.807) is 36.5 Å². The lowest BCUT2D eigenvalue weighted by Gasteiger charge is -2.12. The number of amides is 1. The number of carbonyl (C=O) groups excluding carboxylic acids is 1. The maximum atomic E-state index is 12.7. The number of nitrogens with zero attached hydrogens (tertiary/aromatic N) is 3. The Morgan fingerprint density at radius 1 is 1.31 bits per heavy atom. The summed E-state index contributed by atoms with van der Waals surface area (Å²) >= 11 is 1.22. The van der Waals surface area contributed by atoms with Crippen LogP contribution in [0.2, 0.25) is 0 Å². The zero-order chi connectivity index (χ0) is 18.5. The van der Waals surface area contributed by atoms with Gasteiger partial charge in [-0.1, -0.05) is 18.2 Å². The molecule has 1 N–H and O–H groups in total. The first kappa shape index (κ1) is 17.6. The third kappa shape index (κ3) is 3.89. The van der Waals surface area contributed by atoms with Crippen LogP contribution < -0.4 is 0 Å². The van der Waals surface area contributed by atoms with E-state index in [2.05, 4.69) is 16.6 Å². The number of aromatic nitrogens is 1. The minimum absolute atomic E-state index is 0.140. The van der Waals surface area contributed by atoms with Crippen LogP contribution in [-0.4, -0.2) is 38.6 Å². The molecule has 1 amide bonds. The summed E-state index contributed by atoms with van der Waals surface area (Å²) in [4.78, 5) is 34.4. The molecule has 3 rings (SSSR count). The number of aromatic carboxylic acids is 1. The molecule has 26 heavy (non-hydrogen) atoms. The Morgan fingerprint density at radius 2 is 2.15 bits per heavy atom. The third-order valence-corrected chi connectivity index (χ3v) is 4.49. The summed E-state index contributed by atoms with van der Waals surface area (Å²) in [7, 11) is 0. The van der Waals surface area contributed by atoms with Crippen molar-refractivity contribution in [2.75, 3.05) is 6.54 Å². The Morgan fingerprint density at radius 3 is 2.85 bits per heavy atom. The number of amidine groups is 1. The van der Waals surface area contributed by atoms with E-state index in [0.29, 0.717) is 28.0 Å². The molecule has 2 aromatic rings. The number of hydrogen-bond acceptors (Lipinski definition) is 5. The fraction of sp³-hybridized carbons (Fsp3) is 0.0526. The normalized spacial score (nSPS) is 17.1. The van der Waals surface area contributed by atoms with Gasteiger partial charge in [0.15, 0.2) is 5.17 Å². The summed E-state index contributed by atoms with van der Waals surface area (Å²) in [5.74, 6) is -1.21. The van der Waals surface area contributed by atoms with E-state index in [9.17, 15) is 9.59 Å². The summed E-state index contributed by atoms with van der Waals surface area (Å²) in [5.41, 5.74) is 1.28. The van der Waals surface area contributed by atoms with Crippen molar-refractivity contribution >= 4 is 40.6 Å². The molecule has 1 aromatic heterocycles. The highest BCUT2D eigenvalue weighted by Crippen LogP contribution is 2.33. The van der Waals surface area contributed by atoms with Crippen molar-refractivity contribution in [1.29, 1.82) is 0 Å². The lowest BCUT2D eigenvalue weighted by molar-refractivity contribution is -0.121. The second-order valence-corrected chi connectivity index (χ2v) is 6.33. The average Bonchev–Trinajstić information content (AvgIpc) is 2.92. The highest BCUT2D eigenvalue weighted by molar-refractivity contribution is 8.18. The first-order chi connectivity index (χ1) is 12.6. The molecule has 1 fully saturated rings. The molecule has 7 heteroatoms. The molecule has 0 spiro atoms. The van der Waals surface area contributed by atoms with Gasteiger partial charge < -0.3 is 5.11 Å². The van der Waals surface area contributed by atoms with E-state index in [4.69, 9.17) is 5.11 Å². The van der Waals surface area contributed by atoms with Crippen molar-refractivity contribution in [2.24, 2.45) is 4.99 Å². The average molecular weight is 365 g/mol. The van der Waals surface area contributed by atoms with E-state index in [1.807, 2.05) is 12.1 Å². The summed E-state index contributed by atoms with van der Waals surface area (Å²) in [6, 6.07) is 11.7. The SMILES string of the molecule is C=CCN1C(=O)/C(=C/c2ccccn2)SC1=Nc1cccc(C(=O)O)c1. The minimum atomic E-state index is -1.03. The number of carbonyl (C=O) groups is 2. The highest BCUT2D eigenvalue weighted by atomic mass is 32.2. The van der Waals surface area contributed by atoms with Crippen molar-refractivity contribution in [2.45, 2.75) is 0 Å². The molecular formula is C19H15N3O3S. The van der Waals surface area contributed by atoms with Gasteiger partial charge in [-0.15, -0.1) is 6.58 Å². The van der Waals surface area contributed by atoms with E-state index >= 15 is 0 Å². The van der Waals surface area contributed by atoms with Gasteiger partial charge in [-0.2, -0.15) is 0 Å². The number of pyridine rings is 1. The van der Waals surface area contributed by atoms with Crippen LogP contribution in [0, 0.1) is 0 Å². The molecule has 130 valence electrons. The molecule has 0 atom stereocenters. The van der Waals surface area contributed by atoms with E-state index in [0.717, 1.165) is 0 Å². The Bertz CT molecular complexity index is 923. The molecule has 1 aliphatic heterocycles. The number of carboxylic acids is 1. The minimum Gasteiger partial charge on any atom is -0.478 e. The van der Waals surface area contributed by atoms with Crippen LogP contribution in [0.1, 0.15) is 16.1 Å². The van der Waals surface area contributed by atoms with Crippen molar-refractivity contribution in [3.8, 4) is 0 Å². The summed E-state index contributed by atoms with van der Waals surface area (Å²) in [6.07, 6.45) is 4.98. The molecule has 0 radical (unpaired) electrons. The van der Waals surface area contributed by atoms with Crippen molar-refractivity contribution in [3.63, 3.8) is 0 Å². The first-order valence-corrected chi connectivity index (χ1v) is 8.55. The zero-order valence-electron chi connectivity index (χ0n) is 13.7. The number of thioether (sulfide) groups is 1. The predicted molar refractivity (Wildman–Crippen MR) is 102 cm³/mol. The van der Waals surface area contributed by atoms with E-state index in [1.165, 1.54) is 28.8 Å². The standard InChI is InChI=1S/C19H15N3O3S/c1-2-10-22-17(23)16(12-14-7-3-4-9-20-14)26-19(22)21-15-8-5-6-13(11-15)18(24)25/h2-9,11-12H,1,10H2,(H,24,25)/b16-12-,21-19?. The molecule has 0 bridgehead atoms. The first-order valence-electron chi connectivity index (χ1n) is 7.74. The smallest absolute Gasteiger partial charge is 0.335 e. The number of aliphatic imine (C=N–C) groups is 1. The second-order valence-electron chi connectivity index (χ2n) is 5.32. The Kier molecular flexibility index (Phi) is 5.28. The van der Waals surface area contributed by atoms with Gasteiger partial charge >= 0.3 is 5.97 Å². The maximum absolute atomic E-state index is 12.7. The van der Waals surface area contributed by atoms with Crippen LogP contribution in [0.15, 0.2) is 71.2 Å². The van der Waals surface area contributed by atoms with Gasteiger partial charge in [0.05, 0.1) is 21.8 Å². The Labute approximate surface area is 154 Å². The number of hydrogen-bond donors (Lipinski definition) is 1. The largest absolute Gasteiger partial charge is 0.478 e. The van der Waals surface area contributed by atoms with Gasteiger partial charge in [0, 0.05) is 12.7 Å². The van der Waals surface area contributed by atoms with Gasteiger partial charge in [-0.05, 0) is 48.2 Å². The van der Waals surface area contributed by atoms with Crippen LogP contribution >= 0.6 is 11.8 Å². The van der Waals surface area contributed by atoms with Crippen molar-refractivity contribution < 1.29 is 14.7 Å². The molecule has 1 aliphatic rings. The Balaban J connectivity index is 1.96. The second kappa shape index (κ2) is 7.79. The number of rotatable bonds is 5. The summed E-state index contributed by atoms with van der Waals surface area (Å²) in [6.45, 7) is 3.99. The molecule has 0 aliphatic carbocycles. The maximum Gasteiger partial charge on any atom is 0.335 e. The third-order valence-electron chi connectivity index (χ3n) is 3.48. The van der Waals surface area contributed by atoms with Gasteiger partial charge in [-0.3, -0.25) is 14.7 Å². The number of benzene rings is 1. The molecular weight excluding hydrogens is 350 g/mol. The quantitative estimate of drug-likeness (QED) is 0.647. The van der Waals surface area contributed by atoms with Crippen LogP contribution in [0.25, 0.3) is 6.08 Å². The molecule has 1 aromatic carbocycles. The molecule has 6 nitrogen and oxygen atoms in total. The predicted octanol–water partition coefficient (Wildman–Crippen LogP) is 3.57. The van der Waals surface area contributed by atoms with E-state index < -0.39 is 5.97 Å². The van der Waals surface area contributed by atoms with Crippen LogP contribution in [0.4, 0.5) is 5.69 Å². The lowest BCUT2D eigenvalue weighted by Crippen LogP contribution is -2.29. The van der Waals surface area contributed by atoms with Crippen LogP contribution in [-0.2, 0) is 4.79 Å². The summed E-state index contributed by atoms with van der Waals surface area (Å²) < 4.78 is 0. The zero-order valence-corrected chi connectivity index (χ0v) is 14.5. The fourth-order valence-electron chi connectivity index (χ4n) is 2.30. The van der Waals surface area contributed by atoms with Crippen LogP contribution in [0.5, 0.6) is 0 Å². The van der Waals surface area contributed by atoms with Gasteiger partial charge in [0.2, 0.25) is 0 Å². The Hall–Kier alpha value is -3.19. The van der Waals surface area contributed by atoms with Crippen molar-refractivity contribution in [1.82, 2.24) is 9.88 Å². The molecule has 2 heterocycles. The monoisotopic (exact) mass is 365 g/mol.